The van der Waals surface area contributed by atoms with E-state index in [2.05, 4.69) is 19.5 Å². The van der Waals surface area contributed by atoms with E-state index in [1.165, 1.54) is 0 Å². The molecule has 2 N–H and O–H groups in total. The van der Waals surface area contributed by atoms with Crippen LogP contribution in [0, 0.1) is 0 Å². The maximum Gasteiger partial charge on any atom is 0.211 e. The van der Waals surface area contributed by atoms with Gasteiger partial charge in [0.2, 0.25) is 10.0 Å². The summed E-state index contributed by atoms with van der Waals surface area (Å²) in [6.45, 7) is 5.13. The number of nitrogens with zero attached hydrogens (tertiary/aromatic N) is 4. The monoisotopic (exact) mass is 377 g/mol. The molecule has 0 radical (unpaired) electrons. The number of pyridine rings is 2. The van der Waals surface area contributed by atoms with Crippen LogP contribution in [0.3, 0.4) is 0 Å². The van der Waals surface area contributed by atoms with Crippen LogP contribution in [0.2, 0.25) is 0 Å². The minimum absolute atomic E-state index is 0.379. The molecule has 0 aromatic carbocycles. The molecule has 3 aromatic heterocycles. The fourth-order valence-corrected chi connectivity index (χ4v) is 3.41. The second kappa shape index (κ2) is 7.65. The van der Waals surface area contributed by atoms with Crippen LogP contribution >= 0.6 is 0 Å². The third kappa shape index (κ3) is 3.84. The average molecular weight is 377 g/mol. The Morgan fingerprint density at radius 3 is 2.85 bits per heavy atom. The van der Waals surface area contributed by atoms with Gasteiger partial charge in [0.25, 0.3) is 0 Å². The predicted octanol–water partition coefficient (Wildman–Crippen LogP) is 1.97. The van der Waals surface area contributed by atoms with E-state index in [4.69, 9.17) is 9.88 Å². The summed E-state index contributed by atoms with van der Waals surface area (Å²) in [5.74, 6) is 0.782. The largest absolute Gasteiger partial charge is 0.374 e. The van der Waals surface area contributed by atoms with E-state index in [-0.39, 0.29) is 0 Å². The zero-order valence-electron chi connectivity index (χ0n) is 14.9. The molecule has 26 heavy (non-hydrogen) atoms. The van der Waals surface area contributed by atoms with Crippen molar-refractivity contribution in [3.63, 3.8) is 0 Å². The van der Waals surface area contributed by atoms with Crippen molar-refractivity contribution in [1.29, 1.82) is 0 Å². The fourth-order valence-electron chi connectivity index (χ4n) is 2.92. The Morgan fingerprint density at radius 2 is 2.12 bits per heavy atom. The Hall–Kier alpha value is -2.10. The number of hydrogen-bond donors (Lipinski definition) is 1. The van der Waals surface area contributed by atoms with Crippen LogP contribution in [0.5, 0.6) is 0 Å². The van der Waals surface area contributed by atoms with Crippen LogP contribution < -0.4 is 5.14 Å². The Bertz CT molecular complexity index is 1020. The maximum absolute atomic E-state index is 11.4. The van der Waals surface area contributed by atoms with Crippen LogP contribution in [-0.4, -0.2) is 39.8 Å². The van der Waals surface area contributed by atoms with E-state index in [9.17, 15) is 8.42 Å². The van der Waals surface area contributed by atoms with Gasteiger partial charge in [0, 0.05) is 19.3 Å². The van der Waals surface area contributed by atoms with Crippen molar-refractivity contribution >= 4 is 32.1 Å². The van der Waals surface area contributed by atoms with E-state index in [0.717, 1.165) is 27.9 Å². The number of aromatic nitrogens is 4. The molecule has 0 saturated carbocycles. The van der Waals surface area contributed by atoms with E-state index in [0.29, 0.717) is 32.6 Å². The first kappa shape index (κ1) is 18.7. The molecule has 140 valence electrons. The third-order valence-corrected chi connectivity index (χ3v) is 5.76. The first-order valence-corrected chi connectivity index (χ1v) is 10.2. The first-order chi connectivity index (χ1) is 12.4. The van der Waals surface area contributed by atoms with Gasteiger partial charge in [-0.25, -0.2) is 18.5 Å². The summed E-state index contributed by atoms with van der Waals surface area (Å²) in [4.78, 5) is 13.5. The van der Waals surface area contributed by atoms with Gasteiger partial charge in [0.05, 0.1) is 22.5 Å². The van der Waals surface area contributed by atoms with E-state index in [1.807, 2.05) is 19.1 Å². The first-order valence-electron chi connectivity index (χ1n) is 8.60. The molecule has 0 aliphatic rings. The number of rotatable bonds is 8. The summed E-state index contributed by atoms with van der Waals surface area (Å²) in [7, 11) is -3.52. The molecule has 3 heterocycles. The van der Waals surface area contributed by atoms with Gasteiger partial charge < -0.3 is 9.30 Å². The highest BCUT2D eigenvalue weighted by Crippen LogP contribution is 2.24. The molecular formula is C17H23N5O3S. The minimum Gasteiger partial charge on any atom is -0.374 e. The molecule has 0 aliphatic heterocycles. The Labute approximate surface area is 152 Å². The van der Waals surface area contributed by atoms with Crippen molar-refractivity contribution in [1.82, 2.24) is 19.5 Å². The lowest BCUT2D eigenvalue weighted by molar-refractivity contribution is 0.126. The van der Waals surface area contributed by atoms with E-state index < -0.39 is 15.3 Å². The van der Waals surface area contributed by atoms with Crippen molar-refractivity contribution < 1.29 is 13.2 Å². The van der Waals surface area contributed by atoms with Crippen LogP contribution in [0.1, 0.15) is 32.5 Å². The van der Waals surface area contributed by atoms with Crippen molar-refractivity contribution in [3.8, 4) is 0 Å². The number of sulfonamides is 1. The third-order valence-electron chi connectivity index (χ3n) is 4.40. The average Bonchev–Trinajstić information content (AvgIpc) is 2.97. The van der Waals surface area contributed by atoms with Gasteiger partial charge in [-0.2, -0.15) is 0 Å². The number of primary sulfonamides is 1. The maximum atomic E-state index is 11.4. The van der Waals surface area contributed by atoms with Gasteiger partial charge in [0.1, 0.15) is 23.5 Å². The highest BCUT2D eigenvalue weighted by molar-refractivity contribution is 7.89. The summed E-state index contributed by atoms with van der Waals surface area (Å²) in [5.41, 5.74) is 3.22. The van der Waals surface area contributed by atoms with E-state index in [1.54, 1.807) is 19.3 Å². The van der Waals surface area contributed by atoms with Crippen molar-refractivity contribution in [3.05, 3.63) is 30.4 Å². The van der Waals surface area contributed by atoms with Gasteiger partial charge in [-0.1, -0.05) is 0 Å². The molecule has 0 amide bonds. The predicted molar refractivity (Wildman–Crippen MR) is 100.0 cm³/mol. The number of aryl methyl sites for hydroxylation is 1. The Balaban J connectivity index is 1.98. The highest BCUT2D eigenvalue weighted by Gasteiger charge is 2.18. The molecule has 8 nitrogen and oxygen atoms in total. The normalized spacial score (nSPS) is 13.5. The zero-order chi connectivity index (χ0) is 18.7. The molecule has 1 unspecified atom stereocenters. The Morgan fingerprint density at radius 1 is 1.31 bits per heavy atom. The fraction of sp³-hybridized carbons (Fsp3) is 0.471. The highest BCUT2D eigenvalue weighted by atomic mass is 32.2. The molecule has 9 heteroatoms. The van der Waals surface area contributed by atoms with Crippen LogP contribution in [0.15, 0.2) is 24.5 Å². The van der Waals surface area contributed by atoms with Crippen molar-refractivity contribution in [2.24, 2.45) is 5.14 Å². The number of imidazole rings is 1. The van der Waals surface area contributed by atoms with Crippen LogP contribution in [-0.2, 0) is 27.9 Å². The van der Waals surface area contributed by atoms with Gasteiger partial charge in [-0.05, 0) is 38.8 Å². The number of ether oxygens (including phenoxy) is 1. The molecule has 1 atom stereocenters. The molecule has 0 aliphatic carbocycles. The summed E-state index contributed by atoms with van der Waals surface area (Å²) < 4.78 is 30.5. The molecule has 0 saturated heterocycles. The molecule has 3 aromatic rings. The lowest BCUT2D eigenvalue weighted by atomic mass is 10.2. The van der Waals surface area contributed by atoms with Gasteiger partial charge in [-0.15, -0.1) is 0 Å². The molecule has 0 fully saturated rings. The number of fused-ring (bicyclic) bond motifs is 3. The Kier molecular flexibility index (Phi) is 5.49. The smallest absolute Gasteiger partial charge is 0.211 e. The summed E-state index contributed by atoms with van der Waals surface area (Å²) in [6.07, 6.45) is 4.59. The lowest BCUT2D eigenvalue weighted by Crippen LogP contribution is -2.26. The number of nitrogens with two attached hydrogens (primary N) is 1. The topological polar surface area (TPSA) is 113 Å². The van der Waals surface area contributed by atoms with Crippen LogP contribution in [0.25, 0.3) is 22.1 Å². The van der Waals surface area contributed by atoms with Crippen LogP contribution in [0.4, 0.5) is 0 Å². The van der Waals surface area contributed by atoms with Crippen molar-refractivity contribution in [2.45, 2.75) is 45.1 Å². The van der Waals surface area contributed by atoms with Gasteiger partial charge in [0.15, 0.2) is 0 Å². The van der Waals surface area contributed by atoms with Crippen molar-refractivity contribution in [2.75, 3.05) is 6.61 Å². The SMILES string of the molecule is CCOCc1nc2cnc3cccnc3c2n1CCCC(C)S(N)(=O)=O. The van der Waals surface area contributed by atoms with Gasteiger partial charge in [-0.3, -0.25) is 9.97 Å². The molecule has 0 spiro atoms. The second-order valence-corrected chi connectivity index (χ2v) is 8.20. The quantitative estimate of drug-likeness (QED) is 0.642. The summed E-state index contributed by atoms with van der Waals surface area (Å²) in [6, 6.07) is 3.75. The summed E-state index contributed by atoms with van der Waals surface area (Å²) in [5, 5.41) is 4.63. The van der Waals surface area contributed by atoms with Gasteiger partial charge >= 0.3 is 0 Å². The van der Waals surface area contributed by atoms with E-state index >= 15 is 0 Å². The molecule has 3 rings (SSSR count). The summed E-state index contributed by atoms with van der Waals surface area (Å²) >= 11 is 0. The number of hydrogen-bond acceptors (Lipinski definition) is 6. The second-order valence-electron chi connectivity index (χ2n) is 6.22. The lowest BCUT2D eigenvalue weighted by Gasteiger charge is -2.12. The standard InChI is InChI=1S/C17H23N5O3S/c1-3-25-11-15-21-14-10-20-13-7-4-8-19-16(13)17(14)22(15)9-5-6-12(2)26(18,23)24/h4,7-8,10,12H,3,5-6,9,11H2,1-2H3,(H2,18,23,24). The molecule has 0 bridgehead atoms. The molecular weight excluding hydrogens is 354 g/mol. The minimum atomic E-state index is -3.52. The zero-order valence-corrected chi connectivity index (χ0v) is 15.7.